The van der Waals surface area contributed by atoms with E-state index in [0.29, 0.717) is 24.4 Å². The highest BCUT2D eigenvalue weighted by Gasteiger charge is 2.10. The molecule has 3 aromatic rings. The van der Waals surface area contributed by atoms with Crippen LogP contribution in [0.4, 0.5) is 10.3 Å². The molecule has 2 aromatic heterocycles. The van der Waals surface area contributed by atoms with Gasteiger partial charge in [0, 0.05) is 42.6 Å². The molecule has 0 aliphatic carbocycles. The van der Waals surface area contributed by atoms with Gasteiger partial charge in [-0.15, -0.1) is 0 Å². The molecule has 126 valence electrons. The quantitative estimate of drug-likeness (QED) is 0.676. The number of halogens is 1. The van der Waals surface area contributed by atoms with Crippen LogP contribution in [0.25, 0.3) is 10.9 Å². The molecule has 2 N–H and O–H groups in total. The number of rotatable bonds is 6. The van der Waals surface area contributed by atoms with E-state index in [2.05, 4.69) is 25.6 Å². The summed E-state index contributed by atoms with van der Waals surface area (Å²) in [6, 6.07) is 7.98. The predicted molar refractivity (Wildman–Crippen MR) is 93.7 cm³/mol. The second kappa shape index (κ2) is 7.96. The van der Waals surface area contributed by atoms with E-state index in [-0.39, 0.29) is 17.0 Å². The van der Waals surface area contributed by atoms with Crippen molar-refractivity contribution in [1.29, 1.82) is 0 Å². The van der Waals surface area contributed by atoms with Crippen LogP contribution in [0.15, 0.2) is 61.1 Å². The summed E-state index contributed by atoms with van der Waals surface area (Å²) in [5.41, 5.74) is 0.523. The van der Waals surface area contributed by atoms with Crippen LogP contribution in [0.5, 0.6) is 0 Å². The van der Waals surface area contributed by atoms with Gasteiger partial charge in [-0.3, -0.25) is 9.78 Å². The minimum Gasteiger partial charge on any atom is -0.351 e. The van der Waals surface area contributed by atoms with Crippen molar-refractivity contribution in [3.8, 4) is 0 Å². The minimum atomic E-state index is -0.508. The fourth-order valence-electron chi connectivity index (χ4n) is 2.24. The van der Waals surface area contributed by atoms with E-state index in [1.165, 1.54) is 12.3 Å². The van der Waals surface area contributed by atoms with Gasteiger partial charge in [-0.2, -0.15) is 0 Å². The number of fused-ring (bicyclic) bond motifs is 1. The summed E-state index contributed by atoms with van der Waals surface area (Å²) in [4.78, 5) is 24.2. The van der Waals surface area contributed by atoms with E-state index >= 15 is 0 Å². The van der Waals surface area contributed by atoms with Crippen molar-refractivity contribution >= 4 is 22.8 Å². The third-order valence-corrected chi connectivity index (χ3v) is 3.41. The molecule has 0 saturated heterocycles. The summed E-state index contributed by atoms with van der Waals surface area (Å²) in [5.74, 6) is -0.309. The lowest BCUT2D eigenvalue weighted by atomic mass is 10.1. The van der Waals surface area contributed by atoms with Gasteiger partial charge in [-0.1, -0.05) is 18.2 Å². The van der Waals surface area contributed by atoms with E-state index in [1.54, 1.807) is 42.7 Å². The minimum absolute atomic E-state index is 0.258. The van der Waals surface area contributed by atoms with Gasteiger partial charge in [0.05, 0.1) is 0 Å². The summed E-state index contributed by atoms with van der Waals surface area (Å²) in [5, 5.41) is 6.32. The highest BCUT2D eigenvalue weighted by atomic mass is 19.1. The highest BCUT2D eigenvalue weighted by molar-refractivity contribution is 5.98. The lowest BCUT2D eigenvalue weighted by Gasteiger charge is -2.05. The van der Waals surface area contributed by atoms with Crippen molar-refractivity contribution in [3.05, 3.63) is 72.5 Å². The Balaban J connectivity index is 1.52. The lowest BCUT2D eigenvalue weighted by molar-refractivity contribution is 0.0957. The summed E-state index contributed by atoms with van der Waals surface area (Å²) in [6.45, 7) is 0.874. The van der Waals surface area contributed by atoms with E-state index in [1.807, 2.05) is 6.08 Å². The lowest BCUT2D eigenvalue weighted by Crippen LogP contribution is -2.23. The summed E-state index contributed by atoms with van der Waals surface area (Å²) in [7, 11) is 0. The maximum Gasteiger partial charge on any atom is 0.251 e. The number of nitrogens with one attached hydrogen (secondary N) is 2. The number of hydrogen-bond acceptors (Lipinski definition) is 5. The second-order valence-corrected chi connectivity index (χ2v) is 5.17. The summed E-state index contributed by atoms with van der Waals surface area (Å²) < 4.78 is 14.0. The zero-order valence-electron chi connectivity index (χ0n) is 13.3. The van der Waals surface area contributed by atoms with Crippen LogP contribution in [0.3, 0.4) is 0 Å². The normalized spacial score (nSPS) is 10.9. The molecule has 6 nitrogen and oxygen atoms in total. The first-order chi connectivity index (χ1) is 12.2. The molecular weight excluding hydrogens is 321 g/mol. The molecule has 0 radical (unpaired) electrons. The standard InChI is InChI=1S/C18H16FN5O/c19-15-12-14(11-13-5-3-8-20-16(13)15)17(25)21-6-1-2-7-22-18-23-9-4-10-24-18/h1-5,8-12H,6-7H2,(H,21,25)(H,22,23,24)/b2-1+. The predicted octanol–water partition coefficient (Wildman–Crippen LogP) is 2.56. The Morgan fingerprint density at radius 3 is 2.64 bits per heavy atom. The Morgan fingerprint density at radius 1 is 1.04 bits per heavy atom. The number of carbonyl (C=O) groups excluding carboxylic acids is 1. The number of aromatic nitrogens is 3. The SMILES string of the molecule is O=C(NC/C=C/CNc1ncccn1)c1cc(F)c2ncccc2c1. The first kappa shape index (κ1) is 16.5. The fraction of sp³-hybridized carbons (Fsp3) is 0.111. The van der Waals surface area contributed by atoms with Crippen molar-refractivity contribution in [2.75, 3.05) is 18.4 Å². The van der Waals surface area contributed by atoms with Crippen molar-refractivity contribution in [3.63, 3.8) is 0 Å². The molecule has 0 aliphatic rings. The van der Waals surface area contributed by atoms with Crippen molar-refractivity contribution in [2.45, 2.75) is 0 Å². The molecule has 0 saturated carbocycles. The van der Waals surface area contributed by atoms with Gasteiger partial charge in [0.2, 0.25) is 5.95 Å². The van der Waals surface area contributed by atoms with Crippen molar-refractivity contribution < 1.29 is 9.18 Å². The van der Waals surface area contributed by atoms with Crippen LogP contribution in [0.2, 0.25) is 0 Å². The molecule has 0 unspecified atom stereocenters. The molecule has 0 fully saturated rings. The first-order valence-corrected chi connectivity index (χ1v) is 7.72. The second-order valence-electron chi connectivity index (χ2n) is 5.17. The molecule has 0 bridgehead atoms. The van der Waals surface area contributed by atoms with Crippen LogP contribution in [0, 0.1) is 5.82 Å². The topological polar surface area (TPSA) is 79.8 Å². The maximum atomic E-state index is 14.0. The maximum absolute atomic E-state index is 14.0. The number of pyridine rings is 1. The summed E-state index contributed by atoms with van der Waals surface area (Å²) in [6.07, 6.45) is 8.47. The van der Waals surface area contributed by atoms with Gasteiger partial charge in [-0.25, -0.2) is 14.4 Å². The Hall–Kier alpha value is -3.35. The Labute approximate surface area is 143 Å². The van der Waals surface area contributed by atoms with Crippen molar-refractivity contribution in [2.24, 2.45) is 0 Å². The van der Waals surface area contributed by atoms with Crippen molar-refractivity contribution in [1.82, 2.24) is 20.3 Å². The Bertz CT molecular complexity index is 898. The zero-order valence-corrected chi connectivity index (χ0v) is 13.3. The van der Waals surface area contributed by atoms with Gasteiger partial charge in [-0.05, 0) is 24.3 Å². The average Bonchev–Trinajstić information content (AvgIpc) is 2.65. The third-order valence-electron chi connectivity index (χ3n) is 3.41. The Morgan fingerprint density at radius 2 is 1.80 bits per heavy atom. The molecule has 2 heterocycles. The number of nitrogens with zero attached hydrogens (tertiary/aromatic N) is 3. The van der Waals surface area contributed by atoms with Crippen LogP contribution in [-0.2, 0) is 0 Å². The van der Waals surface area contributed by atoms with E-state index in [9.17, 15) is 9.18 Å². The number of anilines is 1. The summed E-state index contributed by atoms with van der Waals surface area (Å²) >= 11 is 0. The molecule has 7 heteroatoms. The average molecular weight is 337 g/mol. The molecule has 25 heavy (non-hydrogen) atoms. The van der Waals surface area contributed by atoms with Gasteiger partial charge in [0.25, 0.3) is 5.91 Å². The molecule has 3 rings (SSSR count). The van der Waals surface area contributed by atoms with E-state index in [4.69, 9.17) is 0 Å². The van der Waals surface area contributed by atoms with Gasteiger partial charge >= 0.3 is 0 Å². The van der Waals surface area contributed by atoms with E-state index < -0.39 is 5.82 Å². The molecule has 0 aliphatic heterocycles. The molecule has 1 amide bonds. The first-order valence-electron chi connectivity index (χ1n) is 7.72. The Kier molecular flexibility index (Phi) is 5.26. The molecule has 0 atom stereocenters. The van der Waals surface area contributed by atoms with Gasteiger partial charge in [0.15, 0.2) is 0 Å². The molecule has 1 aromatic carbocycles. The van der Waals surface area contributed by atoms with E-state index in [0.717, 1.165) is 0 Å². The monoisotopic (exact) mass is 337 g/mol. The smallest absolute Gasteiger partial charge is 0.251 e. The highest BCUT2D eigenvalue weighted by Crippen LogP contribution is 2.17. The van der Waals surface area contributed by atoms with Gasteiger partial charge in [0.1, 0.15) is 11.3 Å². The number of amides is 1. The van der Waals surface area contributed by atoms with Crippen LogP contribution in [-0.4, -0.2) is 33.9 Å². The number of benzene rings is 1. The number of carbonyl (C=O) groups is 1. The third kappa shape index (κ3) is 4.35. The fourth-order valence-corrected chi connectivity index (χ4v) is 2.24. The van der Waals surface area contributed by atoms with Gasteiger partial charge < -0.3 is 10.6 Å². The number of hydrogen-bond donors (Lipinski definition) is 2. The largest absolute Gasteiger partial charge is 0.351 e. The van der Waals surface area contributed by atoms with Crippen LogP contribution >= 0.6 is 0 Å². The van der Waals surface area contributed by atoms with Crippen LogP contribution in [0.1, 0.15) is 10.4 Å². The molecular formula is C18H16FN5O. The molecule has 0 spiro atoms. The van der Waals surface area contributed by atoms with Crippen LogP contribution < -0.4 is 10.6 Å². The zero-order chi connectivity index (χ0) is 17.5.